The van der Waals surface area contributed by atoms with Gasteiger partial charge in [-0.1, -0.05) is 19.1 Å². The number of benzene rings is 1. The number of para-hydroxylation sites is 1. The van der Waals surface area contributed by atoms with Gasteiger partial charge >= 0.3 is 0 Å². The lowest BCUT2D eigenvalue weighted by Crippen LogP contribution is -2.09. The van der Waals surface area contributed by atoms with Gasteiger partial charge < -0.3 is 4.42 Å². The minimum absolute atomic E-state index is 0.121. The Kier molecular flexibility index (Phi) is 2.26. The van der Waals surface area contributed by atoms with Crippen LogP contribution in [-0.2, 0) is 6.42 Å². The molecule has 15 heavy (non-hydrogen) atoms. The normalized spacial score (nSPS) is 10.1. The molecule has 0 spiro atoms. The van der Waals surface area contributed by atoms with Crippen LogP contribution in [0.25, 0.3) is 11.0 Å². The Labute approximate surface area is 86.6 Å². The molecular formula is C12H9NO2. The fraction of sp³-hybridized carbons (Fsp3) is 0.167. The lowest BCUT2D eigenvalue weighted by molar-refractivity contribution is 0.541. The van der Waals surface area contributed by atoms with E-state index in [0.717, 1.165) is 0 Å². The molecule has 0 aliphatic heterocycles. The maximum absolute atomic E-state index is 11.9. The smallest absolute Gasteiger partial charge is 0.210 e. The molecule has 1 aromatic carbocycles. The van der Waals surface area contributed by atoms with Crippen molar-refractivity contribution in [2.75, 3.05) is 0 Å². The number of hydrogen-bond acceptors (Lipinski definition) is 3. The lowest BCUT2D eigenvalue weighted by Gasteiger charge is -2.01. The number of hydrogen-bond donors (Lipinski definition) is 0. The van der Waals surface area contributed by atoms with Gasteiger partial charge in [0, 0.05) is 6.42 Å². The summed E-state index contributed by atoms with van der Waals surface area (Å²) in [5.41, 5.74) is 0.422. The van der Waals surface area contributed by atoms with Crippen molar-refractivity contribution in [2.24, 2.45) is 0 Å². The molecule has 74 valence electrons. The molecule has 0 N–H and O–H groups in total. The second-order valence-electron chi connectivity index (χ2n) is 3.19. The van der Waals surface area contributed by atoms with Crippen molar-refractivity contribution in [1.82, 2.24) is 0 Å². The molecule has 0 saturated carbocycles. The summed E-state index contributed by atoms with van der Waals surface area (Å²) in [5, 5.41) is 9.34. The van der Waals surface area contributed by atoms with Crippen LogP contribution in [0, 0.1) is 11.3 Å². The molecule has 2 rings (SSSR count). The summed E-state index contributed by atoms with van der Waals surface area (Å²) < 4.78 is 5.49. The second-order valence-corrected chi connectivity index (χ2v) is 3.19. The molecule has 1 heterocycles. The maximum Gasteiger partial charge on any atom is 0.210 e. The van der Waals surface area contributed by atoms with Gasteiger partial charge in [-0.25, -0.2) is 0 Å². The zero-order valence-electron chi connectivity index (χ0n) is 8.28. The Bertz CT molecular complexity index is 605. The fourth-order valence-electron chi connectivity index (χ4n) is 1.55. The van der Waals surface area contributed by atoms with Gasteiger partial charge in [-0.05, 0) is 12.1 Å². The van der Waals surface area contributed by atoms with E-state index in [1.165, 1.54) is 0 Å². The van der Waals surface area contributed by atoms with E-state index in [1.807, 2.05) is 13.0 Å². The molecule has 3 heteroatoms. The van der Waals surface area contributed by atoms with Crippen LogP contribution in [0.1, 0.15) is 18.2 Å². The Morgan fingerprint density at radius 2 is 2.13 bits per heavy atom. The van der Waals surface area contributed by atoms with E-state index >= 15 is 0 Å². The Balaban J connectivity index is 2.96. The summed E-state index contributed by atoms with van der Waals surface area (Å²) >= 11 is 0. The Morgan fingerprint density at radius 3 is 2.80 bits per heavy atom. The number of nitrogens with zero attached hydrogens (tertiary/aromatic N) is 1. The van der Waals surface area contributed by atoms with Crippen LogP contribution in [-0.4, -0.2) is 0 Å². The first kappa shape index (κ1) is 9.47. The van der Waals surface area contributed by atoms with E-state index in [9.17, 15) is 4.79 Å². The minimum Gasteiger partial charge on any atom is -0.459 e. The predicted molar refractivity (Wildman–Crippen MR) is 56.6 cm³/mol. The van der Waals surface area contributed by atoms with Gasteiger partial charge in [-0.3, -0.25) is 4.79 Å². The van der Waals surface area contributed by atoms with E-state index in [4.69, 9.17) is 9.68 Å². The van der Waals surface area contributed by atoms with Crippen molar-refractivity contribution in [3.05, 3.63) is 45.8 Å². The molecule has 0 aliphatic carbocycles. The largest absolute Gasteiger partial charge is 0.459 e. The van der Waals surface area contributed by atoms with Gasteiger partial charge in [0.25, 0.3) is 0 Å². The van der Waals surface area contributed by atoms with Crippen LogP contribution in [0.4, 0.5) is 0 Å². The Hall–Kier alpha value is -2.08. The summed E-state index contributed by atoms with van der Waals surface area (Å²) in [6.45, 7) is 1.86. The number of nitriles is 1. The highest BCUT2D eigenvalue weighted by atomic mass is 16.3. The van der Waals surface area contributed by atoms with E-state index < -0.39 is 0 Å². The number of aryl methyl sites for hydroxylation is 1. The molecule has 3 nitrogen and oxygen atoms in total. The second kappa shape index (κ2) is 3.58. The van der Waals surface area contributed by atoms with E-state index in [1.54, 1.807) is 24.3 Å². The predicted octanol–water partition coefficient (Wildman–Crippen LogP) is 2.23. The van der Waals surface area contributed by atoms with E-state index in [2.05, 4.69) is 0 Å². The first-order valence-electron chi connectivity index (χ1n) is 4.72. The van der Waals surface area contributed by atoms with Gasteiger partial charge in [0.1, 0.15) is 23.0 Å². The van der Waals surface area contributed by atoms with Gasteiger partial charge in [0.15, 0.2) is 0 Å². The lowest BCUT2D eigenvalue weighted by atomic mass is 10.1. The molecule has 2 aromatic rings. The van der Waals surface area contributed by atoms with Crippen molar-refractivity contribution < 1.29 is 4.42 Å². The van der Waals surface area contributed by atoms with Crippen molar-refractivity contribution in [3.63, 3.8) is 0 Å². The van der Waals surface area contributed by atoms with Crippen LogP contribution in [0.2, 0.25) is 0 Å². The highest BCUT2D eigenvalue weighted by Crippen LogP contribution is 2.15. The summed E-state index contributed by atoms with van der Waals surface area (Å²) in [6.07, 6.45) is 0.545. The molecule has 0 fully saturated rings. The van der Waals surface area contributed by atoms with Crippen LogP contribution in [0.15, 0.2) is 33.5 Å². The zero-order valence-corrected chi connectivity index (χ0v) is 8.28. The summed E-state index contributed by atoms with van der Waals surface area (Å²) in [7, 11) is 0. The van der Waals surface area contributed by atoms with Gasteiger partial charge in [0.2, 0.25) is 5.43 Å². The summed E-state index contributed by atoms with van der Waals surface area (Å²) in [6, 6.07) is 8.86. The van der Waals surface area contributed by atoms with Crippen LogP contribution < -0.4 is 5.43 Å². The number of fused-ring (bicyclic) bond motifs is 1. The Morgan fingerprint density at radius 1 is 1.40 bits per heavy atom. The number of rotatable bonds is 1. The topological polar surface area (TPSA) is 54.0 Å². The van der Waals surface area contributed by atoms with Crippen LogP contribution >= 0.6 is 0 Å². The average Bonchev–Trinajstić information content (AvgIpc) is 2.29. The summed E-state index contributed by atoms with van der Waals surface area (Å²) in [5.74, 6) is 0.459. The first-order chi connectivity index (χ1) is 7.27. The SMILES string of the molecule is CCc1oc2ccccc2c(=O)c1C#N. The molecule has 1 aromatic heterocycles. The van der Waals surface area contributed by atoms with Crippen LogP contribution in [0.5, 0.6) is 0 Å². The van der Waals surface area contributed by atoms with Crippen molar-refractivity contribution in [3.8, 4) is 6.07 Å². The van der Waals surface area contributed by atoms with Crippen molar-refractivity contribution >= 4 is 11.0 Å². The van der Waals surface area contributed by atoms with Gasteiger partial charge in [-0.2, -0.15) is 5.26 Å². The average molecular weight is 199 g/mol. The third-order valence-corrected chi connectivity index (χ3v) is 2.30. The highest BCUT2D eigenvalue weighted by Gasteiger charge is 2.11. The van der Waals surface area contributed by atoms with Gasteiger partial charge in [0.05, 0.1) is 5.39 Å². The van der Waals surface area contributed by atoms with Crippen LogP contribution in [0.3, 0.4) is 0 Å². The van der Waals surface area contributed by atoms with E-state index in [0.29, 0.717) is 23.2 Å². The molecule has 0 atom stereocenters. The van der Waals surface area contributed by atoms with Crippen molar-refractivity contribution in [2.45, 2.75) is 13.3 Å². The third kappa shape index (κ3) is 1.40. The zero-order chi connectivity index (χ0) is 10.8. The molecule has 0 aliphatic rings. The van der Waals surface area contributed by atoms with Crippen molar-refractivity contribution in [1.29, 1.82) is 5.26 Å². The van der Waals surface area contributed by atoms with E-state index in [-0.39, 0.29) is 11.0 Å². The molecule has 0 saturated heterocycles. The quantitative estimate of drug-likeness (QED) is 0.707. The summed E-state index contributed by atoms with van der Waals surface area (Å²) in [4.78, 5) is 11.9. The molecule has 0 unspecified atom stereocenters. The molecule has 0 radical (unpaired) electrons. The molecular weight excluding hydrogens is 190 g/mol. The highest BCUT2D eigenvalue weighted by molar-refractivity contribution is 5.77. The fourth-order valence-corrected chi connectivity index (χ4v) is 1.55. The minimum atomic E-state index is -0.240. The monoisotopic (exact) mass is 199 g/mol. The third-order valence-electron chi connectivity index (χ3n) is 2.30. The molecule has 0 amide bonds. The molecule has 0 bridgehead atoms. The maximum atomic E-state index is 11.9. The standard InChI is InChI=1S/C12H9NO2/c1-2-10-9(7-13)12(14)8-5-3-4-6-11(8)15-10/h3-6H,2H2,1H3. The first-order valence-corrected chi connectivity index (χ1v) is 4.72. The van der Waals surface area contributed by atoms with Gasteiger partial charge in [-0.15, -0.1) is 0 Å².